The molecule has 0 spiro atoms. The number of nitrogens with one attached hydrogen (secondary N) is 2. The summed E-state index contributed by atoms with van der Waals surface area (Å²) in [6.45, 7) is 0.220. The van der Waals surface area contributed by atoms with Gasteiger partial charge in [0.25, 0.3) is 0 Å². The Hall–Kier alpha value is -2.87. The topological polar surface area (TPSA) is 113 Å². The number of benzene rings is 1. The third kappa shape index (κ3) is 4.81. The van der Waals surface area contributed by atoms with Crippen molar-refractivity contribution in [3.05, 3.63) is 53.4 Å². The third-order valence-corrected chi connectivity index (χ3v) is 6.05. The molecule has 0 unspecified atom stereocenters. The van der Waals surface area contributed by atoms with E-state index in [1.165, 1.54) is 12.1 Å². The van der Waals surface area contributed by atoms with E-state index in [0.29, 0.717) is 0 Å². The fourth-order valence-electron chi connectivity index (χ4n) is 4.23. The Labute approximate surface area is 197 Å². The highest BCUT2D eigenvalue weighted by Crippen LogP contribution is 2.49. The van der Waals surface area contributed by atoms with Gasteiger partial charge in [-0.05, 0) is 25.1 Å². The first-order valence-electron chi connectivity index (χ1n) is 10.3. The Morgan fingerprint density at radius 3 is 2.46 bits per heavy atom. The first kappa shape index (κ1) is 26.7. The summed E-state index contributed by atoms with van der Waals surface area (Å²) < 4.78 is 80.7. The fraction of sp³-hybridized carbons (Fsp3) is 0.455. The van der Waals surface area contributed by atoms with Crippen LogP contribution in [0.4, 0.5) is 27.6 Å². The van der Waals surface area contributed by atoms with Crippen molar-refractivity contribution in [2.75, 3.05) is 26.1 Å². The number of aliphatic hydroxyl groups is 2. The number of hydrogen-bond donors (Lipinski definition) is 4. The minimum absolute atomic E-state index is 0.0799. The summed E-state index contributed by atoms with van der Waals surface area (Å²) in [6.07, 6.45) is -6.73. The summed E-state index contributed by atoms with van der Waals surface area (Å²) in [5.74, 6) is -5.72. The largest absolute Gasteiger partial charge is 0.493 e. The molecule has 2 aromatic rings. The number of carbonyl (C=O) groups excluding carboxylic acids is 1. The van der Waals surface area contributed by atoms with Crippen LogP contribution in [0, 0.1) is 11.6 Å². The van der Waals surface area contributed by atoms with Gasteiger partial charge in [0.1, 0.15) is 11.6 Å². The molecular weight excluding hydrogens is 481 g/mol. The molecule has 4 N–H and O–H groups in total. The minimum atomic E-state index is -4.89. The Kier molecular flexibility index (Phi) is 7.65. The number of aromatic nitrogens is 1. The molecular formula is C22H24F5N3O5. The summed E-state index contributed by atoms with van der Waals surface area (Å²) in [5, 5.41) is 23.3. The van der Waals surface area contributed by atoms with E-state index in [0.717, 1.165) is 39.5 Å². The van der Waals surface area contributed by atoms with Crippen molar-refractivity contribution in [1.82, 2.24) is 10.3 Å². The van der Waals surface area contributed by atoms with E-state index < -0.39 is 65.8 Å². The summed E-state index contributed by atoms with van der Waals surface area (Å²) in [5.41, 5.74) is -2.75. The van der Waals surface area contributed by atoms with Gasteiger partial charge in [-0.2, -0.15) is 17.6 Å². The Bertz CT molecular complexity index is 1070. The zero-order valence-electron chi connectivity index (χ0n) is 18.9. The van der Waals surface area contributed by atoms with Crippen molar-refractivity contribution in [2.24, 2.45) is 0 Å². The average molecular weight is 505 g/mol. The number of amides is 1. The van der Waals surface area contributed by atoms with Crippen LogP contribution in [0.2, 0.25) is 0 Å². The molecule has 1 saturated heterocycles. The molecule has 1 fully saturated rings. The molecule has 13 heteroatoms. The van der Waals surface area contributed by atoms with Crippen molar-refractivity contribution in [1.29, 1.82) is 0 Å². The van der Waals surface area contributed by atoms with Crippen LogP contribution in [-0.4, -0.2) is 65.8 Å². The monoisotopic (exact) mass is 505 g/mol. The summed E-state index contributed by atoms with van der Waals surface area (Å²) in [7, 11) is 2.04. The SMILES string of the molecule is COc1c([C@H]2[C@H](C(=O)Nc3ccc([C@H](O)CO)nc3)N[C@@](C)(C(F)(F)F)[C@H]2OC)ccc(F)c1F. The number of methoxy groups -OCH3 is 2. The van der Waals surface area contributed by atoms with E-state index in [9.17, 15) is 31.9 Å². The standard InChI is InChI=1S/C22H24F5N3O5/c1-21(22(25,26)27)19(35-3)15(11-5-6-12(23)16(24)18(11)34-2)17(30-21)20(33)29-10-4-7-13(28-8-10)14(32)9-31/h4-8,14-15,17,19,30-32H,9H2,1-3H3,(H,29,33)/t14-,15+,17-,19+,21-/m1/s1. The summed E-state index contributed by atoms with van der Waals surface area (Å²) in [4.78, 5) is 17.1. The summed E-state index contributed by atoms with van der Waals surface area (Å²) >= 11 is 0. The van der Waals surface area contributed by atoms with Gasteiger partial charge < -0.3 is 25.0 Å². The molecule has 1 aromatic heterocycles. The number of pyridine rings is 1. The Morgan fingerprint density at radius 1 is 1.26 bits per heavy atom. The first-order valence-corrected chi connectivity index (χ1v) is 10.3. The van der Waals surface area contributed by atoms with Crippen LogP contribution in [0.25, 0.3) is 0 Å². The van der Waals surface area contributed by atoms with E-state index in [1.807, 2.05) is 0 Å². The van der Waals surface area contributed by atoms with E-state index in [1.54, 1.807) is 0 Å². The lowest BCUT2D eigenvalue weighted by Crippen LogP contribution is -2.59. The molecule has 0 radical (unpaired) electrons. The molecule has 1 aliphatic heterocycles. The van der Waals surface area contributed by atoms with Gasteiger partial charge in [-0.15, -0.1) is 0 Å². The number of aliphatic hydroxyl groups excluding tert-OH is 2. The van der Waals surface area contributed by atoms with Gasteiger partial charge in [0.2, 0.25) is 11.7 Å². The molecule has 1 amide bonds. The molecule has 2 heterocycles. The second-order valence-electron chi connectivity index (χ2n) is 8.15. The van der Waals surface area contributed by atoms with Crippen LogP contribution in [0.1, 0.15) is 30.2 Å². The zero-order valence-corrected chi connectivity index (χ0v) is 18.9. The lowest BCUT2D eigenvalue weighted by Gasteiger charge is -2.34. The van der Waals surface area contributed by atoms with Crippen LogP contribution in [0.3, 0.4) is 0 Å². The molecule has 3 rings (SSSR count). The van der Waals surface area contributed by atoms with Crippen LogP contribution in [-0.2, 0) is 9.53 Å². The molecule has 0 saturated carbocycles. The Morgan fingerprint density at radius 2 is 1.94 bits per heavy atom. The normalized spacial score (nSPS) is 25.4. The lowest BCUT2D eigenvalue weighted by atomic mass is 9.82. The number of ether oxygens (including phenoxy) is 2. The predicted molar refractivity (Wildman–Crippen MR) is 113 cm³/mol. The Balaban J connectivity index is 2.05. The predicted octanol–water partition coefficient (Wildman–Crippen LogP) is 2.42. The van der Waals surface area contributed by atoms with E-state index >= 15 is 0 Å². The van der Waals surface area contributed by atoms with Crippen molar-refractivity contribution in [2.45, 2.75) is 42.8 Å². The highest BCUT2D eigenvalue weighted by atomic mass is 19.4. The number of alkyl halides is 3. The van der Waals surface area contributed by atoms with E-state index in [-0.39, 0.29) is 16.9 Å². The average Bonchev–Trinajstić information content (AvgIpc) is 3.14. The number of anilines is 1. The number of halogens is 5. The maximum atomic E-state index is 14.5. The number of nitrogens with zero attached hydrogens (tertiary/aromatic N) is 1. The molecule has 1 aromatic carbocycles. The fourth-order valence-corrected chi connectivity index (χ4v) is 4.23. The zero-order chi connectivity index (χ0) is 26.1. The van der Waals surface area contributed by atoms with Crippen molar-refractivity contribution in [3.8, 4) is 5.75 Å². The second-order valence-corrected chi connectivity index (χ2v) is 8.15. The summed E-state index contributed by atoms with van der Waals surface area (Å²) in [6, 6.07) is 2.80. The second kappa shape index (κ2) is 10.0. The van der Waals surface area contributed by atoms with Crippen LogP contribution >= 0.6 is 0 Å². The number of carbonyl (C=O) groups is 1. The van der Waals surface area contributed by atoms with Gasteiger partial charge >= 0.3 is 6.18 Å². The van der Waals surface area contributed by atoms with Gasteiger partial charge in [0.05, 0.1) is 43.4 Å². The first-order chi connectivity index (χ1) is 16.4. The van der Waals surface area contributed by atoms with E-state index in [4.69, 9.17) is 14.6 Å². The van der Waals surface area contributed by atoms with Gasteiger partial charge in [0, 0.05) is 18.6 Å². The number of rotatable bonds is 7. The maximum Gasteiger partial charge on any atom is 0.408 e. The van der Waals surface area contributed by atoms with Gasteiger partial charge in [-0.25, -0.2) is 4.39 Å². The van der Waals surface area contributed by atoms with Gasteiger partial charge in [-0.3, -0.25) is 15.1 Å². The van der Waals surface area contributed by atoms with Crippen LogP contribution < -0.4 is 15.4 Å². The van der Waals surface area contributed by atoms with Crippen molar-refractivity contribution in [3.63, 3.8) is 0 Å². The smallest absolute Gasteiger partial charge is 0.408 e. The molecule has 35 heavy (non-hydrogen) atoms. The van der Waals surface area contributed by atoms with Crippen LogP contribution in [0.5, 0.6) is 5.75 Å². The molecule has 5 atom stereocenters. The van der Waals surface area contributed by atoms with Crippen molar-refractivity contribution >= 4 is 11.6 Å². The molecule has 0 aliphatic carbocycles. The van der Waals surface area contributed by atoms with E-state index in [2.05, 4.69) is 15.6 Å². The van der Waals surface area contributed by atoms with Crippen LogP contribution in [0.15, 0.2) is 30.5 Å². The molecule has 192 valence electrons. The van der Waals surface area contributed by atoms with Crippen molar-refractivity contribution < 1.29 is 46.4 Å². The highest BCUT2D eigenvalue weighted by Gasteiger charge is 2.66. The lowest BCUT2D eigenvalue weighted by molar-refractivity contribution is -0.212. The van der Waals surface area contributed by atoms with Gasteiger partial charge in [-0.1, -0.05) is 6.07 Å². The minimum Gasteiger partial charge on any atom is -0.493 e. The molecule has 1 aliphatic rings. The quantitative estimate of drug-likeness (QED) is 0.428. The molecule has 0 bridgehead atoms. The number of hydrogen-bond acceptors (Lipinski definition) is 7. The third-order valence-electron chi connectivity index (χ3n) is 6.05. The van der Waals surface area contributed by atoms with Gasteiger partial charge in [0.15, 0.2) is 11.6 Å². The highest BCUT2D eigenvalue weighted by molar-refractivity contribution is 5.96. The molecule has 8 nitrogen and oxygen atoms in total. The maximum absolute atomic E-state index is 14.5.